The van der Waals surface area contributed by atoms with Crippen LogP contribution in [0.1, 0.15) is 30.8 Å². The first kappa shape index (κ1) is 13.7. The molecule has 19 heavy (non-hydrogen) atoms. The average Bonchev–Trinajstić information content (AvgIpc) is 2.80. The molecule has 0 aliphatic heterocycles. The third kappa shape index (κ3) is 3.17. The fraction of sp³-hybridized carbons (Fsp3) is 0.500. The highest BCUT2D eigenvalue weighted by Crippen LogP contribution is 2.17. The maximum atomic E-state index is 4.10. The minimum absolute atomic E-state index is 0.616. The zero-order valence-corrected chi connectivity index (χ0v) is 12.0. The Hall–Kier alpha value is -1.75. The Morgan fingerprint density at radius 2 is 2.05 bits per heavy atom. The van der Waals surface area contributed by atoms with Gasteiger partial charge in [-0.15, -0.1) is 5.10 Å². The molecule has 1 heterocycles. The molecule has 0 radical (unpaired) electrons. The van der Waals surface area contributed by atoms with Crippen LogP contribution in [-0.4, -0.2) is 26.8 Å². The molecule has 0 saturated heterocycles. The molecule has 0 saturated carbocycles. The van der Waals surface area contributed by atoms with Crippen molar-refractivity contribution in [2.45, 2.75) is 34.2 Å². The SMILES string of the molecule is Cc1cccc(-n2nnnc2CNCC(C)C)c1C. The Balaban J connectivity index is 2.21. The van der Waals surface area contributed by atoms with Gasteiger partial charge in [0.2, 0.25) is 0 Å². The van der Waals surface area contributed by atoms with Gasteiger partial charge in [-0.25, -0.2) is 0 Å². The van der Waals surface area contributed by atoms with E-state index in [-0.39, 0.29) is 0 Å². The maximum Gasteiger partial charge on any atom is 0.170 e. The lowest BCUT2D eigenvalue weighted by molar-refractivity contribution is 0.537. The molecule has 0 amide bonds. The monoisotopic (exact) mass is 259 g/mol. The lowest BCUT2D eigenvalue weighted by Crippen LogP contribution is -2.21. The summed E-state index contributed by atoms with van der Waals surface area (Å²) in [4.78, 5) is 0. The molecule has 0 bridgehead atoms. The highest BCUT2D eigenvalue weighted by molar-refractivity contribution is 5.44. The number of aryl methyl sites for hydroxylation is 1. The van der Waals surface area contributed by atoms with Crippen molar-refractivity contribution in [3.63, 3.8) is 0 Å². The predicted octanol–water partition coefficient (Wildman–Crippen LogP) is 2.02. The number of nitrogens with zero attached hydrogens (tertiary/aromatic N) is 4. The first-order valence-corrected chi connectivity index (χ1v) is 6.64. The van der Waals surface area contributed by atoms with E-state index < -0.39 is 0 Å². The molecule has 1 aromatic carbocycles. The van der Waals surface area contributed by atoms with Crippen molar-refractivity contribution in [2.24, 2.45) is 5.92 Å². The summed E-state index contributed by atoms with van der Waals surface area (Å²) >= 11 is 0. The summed E-state index contributed by atoms with van der Waals surface area (Å²) in [5.74, 6) is 1.46. The van der Waals surface area contributed by atoms with Gasteiger partial charge in [0, 0.05) is 0 Å². The Labute approximate surface area is 114 Å². The van der Waals surface area contributed by atoms with Crippen LogP contribution in [0, 0.1) is 19.8 Å². The van der Waals surface area contributed by atoms with E-state index in [1.165, 1.54) is 11.1 Å². The lowest BCUT2D eigenvalue weighted by atomic mass is 10.1. The van der Waals surface area contributed by atoms with Gasteiger partial charge in [0.15, 0.2) is 5.82 Å². The van der Waals surface area contributed by atoms with Crippen LogP contribution in [0.4, 0.5) is 0 Å². The van der Waals surface area contributed by atoms with Gasteiger partial charge in [-0.05, 0) is 53.9 Å². The number of rotatable bonds is 5. The fourth-order valence-electron chi connectivity index (χ4n) is 1.94. The van der Waals surface area contributed by atoms with Gasteiger partial charge in [0.25, 0.3) is 0 Å². The van der Waals surface area contributed by atoms with Gasteiger partial charge in [0.1, 0.15) is 0 Å². The van der Waals surface area contributed by atoms with Crippen LogP contribution in [0.25, 0.3) is 5.69 Å². The highest BCUT2D eigenvalue weighted by atomic mass is 15.5. The summed E-state index contributed by atoms with van der Waals surface area (Å²) in [5.41, 5.74) is 3.50. The largest absolute Gasteiger partial charge is 0.310 e. The first-order valence-electron chi connectivity index (χ1n) is 6.64. The standard InChI is InChI=1S/C14H21N5/c1-10(2)8-15-9-14-16-17-18-19(14)13-7-5-6-11(3)12(13)4/h5-7,10,15H,8-9H2,1-4H3. The molecule has 0 spiro atoms. The van der Waals surface area contributed by atoms with E-state index in [4.69, 9.17) is 0 Å². The second-order valence-corrected chi connectivity index (χ2v) is 5.25. The van der Waals surface area contributed by atoms with Crippen molar-refractivity contribution >= 4 is 0 Å². The molecule has 1 N–H and O–H groups in total. The molecule has 0 atom stereocenters. The van der Waals surface area contributed by atoms with Crippen LogP contribution in [0.5, 0.6) is 0 Å². The van der Waals surface area contributed by atoms with Crippen LogP contribution in [0.15, 0.2) is 18.2 Å². The topological polar surface area (TPSA) is 55.6 Å². The number of tetrazole rings is 1. The van der Waals surface area contributed by atoms with Gasteiger partial charge in [-0.2, -0.15) is 4.68 Å². The smallest absolute Gasteiger partial charge is 0.170 e. The second kappa shape index (κ2) is 5.93. The molecule has 0 aliphatic rings. The minimum Gasteiger partial charge on any atom is -0.310 e. The third-order valence-corrected chi connectivity index (χ3v) is 3.17. The van der Waals surface area contributed by atoms with Crippen molar-refractivity contribution in [1.82, 2.24) is 25.5 Å². The summed E-state index contributed by atoms with van der Waals surface area (Å²) in [6.45, 7) is 10.2. The van der Waals surface area contributed by atoms with E-state index in [1.807, 2.05) is 16.8 Å². The first-order chi connectivity index (χ1) is 9.09. The number of aromatic nitrogens is 4. The summed E-state index contributed by atoms with van der Waals surface area (Å²) in [6, 6.07) is 6.18. The van der Waals surface area contributed by atoms with E-state index in [9.17, 15) is 0 Å². The third-order valence-electron chi connectivity index (χ3n) is 3.17. The minimum atomic E-state index is 0.616. The molecule has 5 heteroatoms. The summed E-state index contributed by atoms with van der Waals surface area (Å²) in [5, 5.41) is 15.4. The summed E-state index contributed by atoms with van der Waals surface area (Å²) in [7, 11) is 0. The van der Waals surface area contributed by atoms with Crippen LogP contribution in [0.3, 0.4) is 0 Å². The zero-order valence-electron chi connectivity index (χ0n) is 12.0. The molecule has 2 rings (SSSR count). The Morgan fingerprint density at radius 3 is 2.79 bits per heavy atom. The molecular weight excluding hydrogens is 238 g/mol. The molecule has 0 aliphatic carbocycles. The summed E-state index contributed by atoms with van der Waals surface area (Å²) in [6.07, 6.45) is 0. The van der Waals surface area contributed by atoms with Crippen molar-refractivity contribution < 1.29 is 0 Å². The fourth-order valence-corrected chi connectivity index (χ4v) is 1.94. The van der Waals surface area contributed by atoms with E-state index >= 15 is 0 Å². The lowest BCUT2D eigenvalue weighted by Gasteiger charge is -2.11. The Morgan fingerprint density at radius 1 is 1.26 bits per heavy atom. The molecule has 2 aromatic rings. The van der Waals surface area contributed by atoms with Gasteiger partial charge >= 0.3 is 0 Å². The number of nitrogens with one attached hydrogen (secondary N) is 1. The van der Waals surface area contributed by atoms with Crippen LogP contribution in [-0.2, 0) is 6.54 Å². The van der Waals surface area contributed by atoms with Gasteiger partial charge < -0.3 is 5.32 Å². The zero-order chi connectivity index (χ0) is 13.8. The second-order valence-electron chi connectivity index (χ2n) is 5.25. The average molecular weight is 259 g/mol. The van der Waals surface area contributed by atoms with Crippen molar-refractivity contribution in [2.75, 3.05) is 6.54 Å². The molecule has 1 aromatic heterocycles. The van der Waals surface area contributed by atoms with Gasteiger partial charge in [-0.1, -0.05) is 26.0 Å². The number of benzene rings is 1. The highest BCUT2D eigenvalue weighted by Gasteiger charge is 2.11. The van der Waals surface area contributed by atoms with Crippen molar-refractivity contribution in [3.05, 3.63) is 35.2 Å². The van der Waals surface area contributed by atoms with E-state index in [2.05, 4.69) is 54.6 Å². The molecule has 5 nitrogen and oxygen atoms in total. The molecular formula is C14H21N5. The van der Waals surface area contributed by atoms with E-state index in [0.717, 1.165) is 18.1 Å². The Bertz CT molecular complexity index is 545. The summed E-state index contributed by atoms with van der Waals surface area (Å²) < 4.78 is 1.82. The molecule has 0 fully saturated rings. The van der Waals surface area contributed by atoms with Crippen molar-refractivity contribution in [1.29, 1.82) is 0 Å². The van der Waals surface area contributed by atoms with Gasteiger partial charge in [0.05, 0.1) is 12.2 Å². The number of hydrogen-bond donors (Lipinski definition) is 1. The van der Waals surface area contributed by atoms with E-state index in [1.54, 1.807) is 0 Å². The van der Waals surface area contributed by atoms with Crippen molar-refractivity contribution in [3.8, 4) is 5.69 Å². The van der Waals surface area contributed by atoms with Crippen LogP contribution < -0.4 is 5.32 Å². The van der Waals surface area contributed by atoms with Crippen LogP contribution >= 0.6 is 0 Å². The van der Waals surface area contributed by atoms with Crippen LogP contribution in [0.2, 0.25) is 0 Å². The molecule has 0 unspecified atom stereocenters. The molecule has 102 valence electrons. The predicted molar refractivity (Wildman–Crippen MR) is 75.2 cm³/mol. The number of hydrogen-bond acceptors (Lipinski definition) is 4. The quantitative estimate of drug-likeness (QED) is 0.892. The maximum absolute atomic E-state index is 4.10. The normalized spacial score (nSPS) is 11.2. The van der Waals surface area contributed by atoms with Gasteiger partial charge in [-0.3, -0.25) is 0 Å². The Kier molecular flexibility index (Phi) is 4.27. The van der Waals surface area contributed by atoms with E-state index in [0.29, 0.717) is 12.5 Å².